The molecule has 2 rings (SSSR count). The summed E-state index contributed by atoms with van der Waals surface area (Å²) in [5, 5.41) is 4.33. The smallest absolute Gasteiger partial charge is 0.130 e. The Labute approximate surface area is 98.4 Å². The van der Waals surface area contributed by atoms with Crippen molar-refractivity contribution in [3.63, 3.8) is 0 Å². The van der Waals surface area contributed by atoms with E-state index in [1.165, 1.54) is 6.07 Å². The Morgan fingerprint density at radius 1 is 1.53 bits per heavy atom. The number of hydrogen-bond donors (Lipinski definition) is 1. The van der Waals surface area contributed by atoms with Gasteiger partial charge >= 0.3 is 0 Å². The molecule has 0 bridgehead atoms. The largest absolute Gasteiger partial charge is 0.301 e. The van der Waals surface area contributed by atoms with Crippen molar-refractivity contribution in [1.29, 1.82) is 0 Å². The highest BCUT2D eigenvalue weighted by atomic mass is 35.5. The van der Waals surface area contributed by atoms with Gasteiger partial charge in [-0.3, -0.25) is 0 Å². The van der Waals surface area contributed by atoms with Crippen molar-refractivity contribution in [2.45, 2.75) is 24.0 Å². The van der Waals surface area contributed by atoms with Crippen molar-refractivity contribution < 1.29 is 4.39 Å². The number of rotatable bonds is 1. The van der Waals surface area contributed by atoms with Crippen LogP contribution in [0.3, 0.4) is 0 Å². The molecular formula is C11H13ClFNS. The zero-order chi connectivity index (χ0) is 10.8. The van der Waals surface area contributed by atoms with Gasteiger partial charge in [0.05, 0.1) is 5.37 Å². The number of hydrogen-bond acceptors (Lipinski definition) is 2. The summed E-state index contributed by atoms with van der Waals surface area (Å²) in [6.07, 6.45) is 1.12. The summed E-state index contributed by atoms with van der Waals surface area (Å²) in [4.78, 5) is 0. The summed E-state index contributed by atoms with van der Waals surface area (Å²) < 4.78 is 13.6. The lowest BCUT2D eigenvalue weighted by Crippen LogP contribution is -2.29. The quantitative estimate of drug-likeness (QED) is 0.812. The molecule has 1 aromatic rings. The van der Waals surface area contributed by atoms with E-state index >= 15 is 0 Å². The first kappa shape index (κ1) is 11.2. The van der Waals surface area contributed by atoms with Gasteiger partial charge in [-0.2, -0.15) is 0 Å². The Kier molecular flexibility index (Phi) is 3.54. The molecule has 0 amide bonds. The first-order chi connectivity index (χ1) is 7.18. The van der Waals surface area contributed by atoms with Crippen LogP contribution in [-0.4, -0.2) is 11.8 Å². The third-order valence-electron chi connectivity index (χ3n) is 2.51. The summed E-state index contributed by atoms with van der Waals surface area (Å²) in [6, 6.07) is 4.84. The predicted molar refractivity (Wildman–Crippen MR) is 63.8 cm³/mol. The van der Waals surface area contributed by atoms with Crippen molar-refractivity contribution in [3.05, 3.63) is 34.6 Å². The van der Waals surface area contributed by atoms with Crippen LogP contribution in [0.5, 0.6) is 0 Å². The van der Waals surface area contributed by atoms with Crippen LogP contribution in [-0.2, 0) is 0 Å². The van der Waals surface area contributed by atoms with Gasteiger partial charge in [-0.05, 0) is 25.1 Å². The van der Waals surface area contributed by atoms with Crippen LogP contribution in [0.2, 0.25) is 5.02 Å². The molecule has 82 valence electrons. The predicted octanol–water partition coefficient (Wildman–Crippen LogP) is 3.59. The lowest BCUT2D eigenvalue weighted by molar-refractivity contribution is 0.561. The highest BCUT2D eigenvalue weighted by Gasteiger charge is 2.24. The minimum absolute atomic E-state index is 0.0116. The number of benzene rings is 1. The zero-order valence-electron chi connectivity index (χ0n) is 8.47. The highest BCUT2D eigenvalue weighted by molar-refractivity contribution is 8.00. The maximum Gasteiger partial charge on any atom is 0.130 e. The monoisotopic (exact) mass is 245 g/mol. The Morgan fingerprint density at radius 2 is 2.33 bits per heavy atom. The van der Waals surface area contributed by atoms with E-state index in [0.29, 0.717) is 15.8 Å². The van der Waals surface area contributed by atoms with Crippen LogP contribution in [0, 0.1) is 5.82 Å². The van der Waals surface area contributed by atoms with E-state index in [4.69, 9.17) is 11.6 Å². The van der Waals surface area contributed by atoms with Gasteiger partial charge < -0.3 is 5.32 Å². The zero-order valence-corrected chi connectivity index (χ0v) is 10.0. The fraction of sp³-hybridized carbons (Fsp3) is 0.455. The van der Waals surface area contributed by atoms with Crippen LogP contribution < -0.4 is 5.32 Å². The molecule has 0 aromatic heterocycles. The fourth-order valence-corrected chi connectivity index (χ4v) is 3.34. The molecule has 0 radical (unpaired) electrons. The van der Waals surface area contributed by atoms with Crippen LogP contribution >= 0.6 is 23.4 Å². The van der Waals surface area contributed by atoms with Crippen LogP contribution in [0.1, 0.15) is 24.3 Å². The molecule has 4 heteroatoms. The van der Waals surface area contributed by atoms with Crippen molar-refractivity contribution in [2.75, 3.05) is 6.54 Å². The molecule has 0 aliphatic carbocycles. The van der Waals surface area contributed by atoms with Crippen molar-refractivity contribution in [3.8, 4) is 0 Å². The molecule has 1 fully saturated rings. The Balaban J connectivity index is 2.28. The second-order valence-electron chi connectivity index (χ2n) is 3.70. The third kappa shape index (κ3) is 2.47. The summed E-state index contributed by atoms with van der Waals surface area (Å²) in [6.45, 7) is 3.08. The molecule has 2 atom stereocenters. The third-order valence-corrected chi connectivity index (χ3v) is 4.22. The molecule has 2 unspecified atom stereocenters. The highest BCUT2D eigenvalue weighted by Crippen LogP contribution is 2.38. The molecule has 1 aliphatic rings. The van der Waals surface area contributed by atoms with Crippen LogP contribution in [0.4, 0.5) is 4.39 Å². The molecule has 15 heavy (non-hydrogen) atoms. The van der Waals surface area contributed by atoms with Crippen molar-refractivity contribution >= 4 is 23.4 Å². The van der Waals surface area contributed by atoms with Crippen molar-refractivity contribution in [2.24, 2.45) is 0 Å². The molecule has 1 heterocycles. The maximum absolute atomic E-state index is 13.6. The van der Waals surface area contributed by atoms with E-state index in [-0.39, 0.29) is 11.2 Å². The lowest BCUT2D eigenvalue weighted by Gasteiger charge is -2.28. The van der Waals surface area contributed by atoms with Gasteiger partial charge in [0.25, 0.3) is 0 Å². The van der Waals surface area contributed by atoms with Gasteiger partial charge in [0.1, 0.15) is 5.82 Å². The average molecular weight is 246 g/mol. The summed E-state index contributed by atoms with van der Waals surface area (Å²) in [7, 11) is 0. The normalized spacial score (nSPS) is 26.6. The van der Waals surface area contributed by atoms with Crippen molar-refractivity contribution in [1.82, 2.24) is 5.32 Å². The first-order valence-corrected chi connectivity index (χ1v) is 6.33. The molecule has 1 saturated heterocycles. The SMILES string of the molecule is CC1CCNC(c2c(F)cccc2Cl)S1. The first-order valence-electron chi connectivity index (χ1n) is 5.01. The molecule has 0 saturated carbocycles. The van der Waals surface area contributed by atoms with Gasteiger partial charge in [0, 0.05) is 15.8 Å². The molecule has 1 nitrogen and oxygen atoms in total. The minimum Gasteiger partial charge on any atom is -0.301 e. The fourth-order valence-electron chi connectivity index (χ4n) is 1.70. The van der Waals surface area contributed by atoms with E-state index in [2.05, 4.69) is 12.2 Å². The lowest BCUT2D eigenvalue weighted by atomic mass is 10.2. The Hall–Kier alpha value is -0.250. The topological polar surface area (TPSA) is 12.0 Å². The Bertz CT molecular complexity index is 338. The minimum atomic E-state index is -0.221. The van der Waals surface area contributed by atoms with E-state index in [9.17, 15) is 4.39 Å². The van der Waals surface area contributed by atoms with Crippen LogP contribution in [0.15, 0.2) is 18.2 Å². The van der Waals surface area contributed by atoms with E-state index < -0.39 is 0 Å². The molecule has 1 aromatic carbocycles. The van der Waals surface area contributed by atoms with Crippen LogP contribution in [0.25, 0.3) is 0 Å². The van der Waals surface area contributed by atoms with E-state index in [0.717, 1.165) is 13.0 Å². The molecule has 1 N–H and O–H groups in total. The molecular weight excluding hydrogens is 233 g/mol. The Morgan fingerprint density at radius 3 is 3.00 bits per heavy atom. The standard InChI is InChI=1S/C11H13ClFNS/c1-7-5-6-14-11(15-7)10-8(12)3-2-4-9(10)13/h2-4,7,11,14H,5-6H2,1H3. The van der Waals surface area contributed by atoms with E-state index in [1.807, 2.05) is 0 Å². The van der Waals surface area contributed by atoms with Gasteiger partial charge in [-0.15, -0.1) is 11.8 Å². The summed E-state index contributed by atoms with van der Waals surface area (Å²) in [5.74, 6) is -0.221. The average Bonchev–Trinajstić information content (AvgIpc) is 2.17. The number of halogens is 2. The second-order valence-corrected chi connectivity index (χ2v) is 5.66. The van der Waals surface area contributed by atoms with Gasteiger partial charge in [-0.1, -0.05) is 24.6 Å². The van der Waals surface area contributed by atoms with Gasteiger partial charge in [-0.25, -0.2) is 4.39 Å². The molecule has 0 spiro atoms. The molecule has 1 aliphatic heterocycles. The second kappa shape index (κ2) is 4.73. The number of nitrogens with one attached hydrogen (secondary N) is 1. The summed E-state index contributed by atoms with van der Waals surface area (Å²) >= 11 is 7.75. The summed E-state index contributed by atoms with van der Waals surface area (Å²) in [5.41, 5.74) is 0.593. The van der Waals surface area contributed by atoms with Gasteiger partial charge in [0.2, 0.25) is 0 Å². The maximum atomic E-state index is 13.6. The van der Waals surface area contributed by atoms with E-state index in [1.54, 1.807) is 23.9 Å². The van der Waals surface area contributed by atoms with Gasteiger partial charge in [0.15, 0.2) is 0 Å². The number of thioether (sulfide) groups is 1.